The maximum Gasteiger partial charge on any atom is 0.255 e. The zero-order chi connectivity index (χ0) is 17.5. The summed E-state index contributed by atoms with van der Waals surface area (Å²) in [6, 6.07) is 9.88. The van der Waals surface area contributed by atoms with Crippen LogP contribution >= 0.6 is 0 Å². The van der Waals surface area contributed by atoms with Gasteiger partial charge in [-0.05, 0) is 30.9 Å². The van der Waals surface area contributed by atoms with Crippen molar-refractivity contribution >= 4 is 16.8 Å². The van der Waals surface area contributed by atoms with Crippen LogP contribution in [0.3, 0.4) is 0 Å². The average molecular weight is 351 g/mol. The van der Waals surface area contributed by atoms with Crippen molar-refractivity contribution in [3.8, 4) is 0 Å². The molecule has 5 rings (SSSR count). The molecule has 136 valence electrons. The van der Waals surface area contributed by atoms with Gasteiger partial charge in [-0.1, -0.05) is 18.2 Å². The van der Waals surface area contributed by atoms with Gasteiger partial charge >= 0.3 is 0 Å². The van der Waals surface area contributed by atoms with E-state index >= 15 is 0 Å². The Kier molecular flexibility index (Phi) is 4.14. The summed E-state index contributed by atoms with van der Waals surface area (Å²) in [7, 11) is 0. The molecule has 0 bridgehead atoms. The lowest BCUT2D eigenvalue weighted by molar-refractivity contribution is 0.0484. The number of amides is 1. The van der Waals surface area contributed by atoms with Gasteiger partial charge in [-0.3, -0.25) is 9.78 Å². The Morgan fingerprint density at radius 1 is 1.19 bits per heavy atom. The van der Waals surface area contributed by atoms with Crippen LogP contribution in [0.4, 0.5) is 0 Å². The van der Waals surface area contributed by atoms with Crippen molar-refractivity contribution in [3.63, 3.8) is 0 Å². The topological polar surface area (TPSA) is 45.7 Å². The van der Waals surface area contributed by atoms with Crippen molar-refractivity contribution in [1.29, 1.82) is 0 Å². The number of aromatic nitrogens is 1. The molecule has 1 aromatic carbocycles. The number of para-hydroxylation sites is 1. The summed E-state index contributed by atoms with van der Waals surface area (Å²) in [4.78, 5) is 22.0. The fraction of sp³-hybridized carbons (Fsp3) is 0.524. The van der Waals surface area contributed by atoms with E-state index in [9.17, 15) is 4.79 Å². The first-order valence-corrected chi connectivity index (χ1v) is 9.74. The number of hydrogen-bond donors (Lipinski definition) is 0. The molecule has 1 aliphatic carbocycles. The molecule has 3 heterocycles. The van der Waals surface area contributed by atoms with E-state index in [-0.39, 0.29) is 12.0 Å². The Morgan fingerprint density at radius 2 is 2.08 bits per heavy atom. The average Bonchev–Trinajstić information content (AvgIpc) is 3.43. The lowest BCUT2D eigenvalue weighted by Gasteiger charge is -2.23. The van der Waals surface area contributed by atoms with Crippen molar-refractivity contribution in [2.45, 2.75) is 18.9 Å². The van der Waals surface area contributed by atoms with Crippen molar-refractivity contribution in [1.82, 2.24) is 14.8 Å². The summed E-state index contributed by atoms with van der Waals surface area (Å²) in [6.07, 6.45) is 4.64. The second-order valence-electron chi connectivity index (χ2n) is 8.00. The number of nitrogens with zero attached hydrogens (tertiary/aromatic N) is 3. The largest absolute Gasteiger partial charge is 0.375 e. The van der Waals surface area contributed by atoms with Crippen LogP contribution in [0.5, 0.6) is 0 Å². The second-order valence-corrected chi connectivity index (χ2v) is 8.00. The van der Waals surface area contributed by atoms with Crippen LogP contribution in [-0.4, -0.2) is 66.1 Å². The molecule has 5 heteroatoms. The minimum absolute atomic E-state index is 0.0775. The molecule has 0 radical (unpaired) electrons. The maximum atomic E-state index is 13.0. The van der Waals surface area contributed by atoms with E-state index in [0.29, 0.717) is 18.0 Å². The van der Waals surface area contributed by atoms with Crippen LogP contribution in [0.2, 0.25) is 0 Å². The third kappa shape index (κ3) is 3.21. The normalized spacial score (nSPS) is 26.7. The third-order valence-electron chi connectivity index (χ3n) is 5.95. The smallest absolute Gasteiger partial charge is 0.255 e. The second kappa shape index (κ2) is 6.63. The van der Waals surface area contributed by atoms with Crippen LogP contribution < -0.4 is 0 Å². The van der Waals surface area contributed by atoms with Gasteiger partial charge in [0.25, 0.3) is 5.91 Å². The van der Waals surface area contributed by atoms with Gasteiger partial charge in [0, 0.05) is 50.2 Å². The van der Waals surface area contributed by atoms with Crippen molar-refractivity contribution in [3.05, 3.63) is 42.1 Å². The molecule has 0 N–H and O–H groups in total. The zero-order valence-electron chi connectivity index (χ0n) is 15.0. The summed E-state index contributed by atoms with van der Waals surface area (Å²) in [5, 5.41) is 1.01. The van der Waals surface area contributed by atoms with Crippen molar-refractivity contribution < 1.29 is 9.53 Å². The summed E-state index contributed by atoms with van der Waals surface area (Å²) < 4.78 is 6.09. The molecule has 0 unspecified atom stereocenters. The highest BCUT2D eigenvalue weighted by Gasteiger charge is 2.39. The highest BCUT2D eigenvalue weighted by Crippen LogP contribution is 2.32. The molecule has 2 atom stereocenters. The highest BCUT2D eigenvalue weighted by molar-refractivity contribution is 5.97. The van der Waals surface area contributed by atoms with Crippen molar-refractivity contribution in [2.75, 3.05) is 39.3 Å². The number of fused-ring (bicyclic) bond motifs is 2. The lowest BCUT2D eigenvalue weighted by atomic mass is 10.1. The molecule has 2 aromatic rings. The van der Waals surface area contributed by atoms with E-state index in [2.05, 4.69) is 9.88 Å². The molecule has 5 nitrogen and oxygen atoms in total. The Labute approximate surface area is 153 Å². The van der Waals surface area contributed by atoms with Crippen LogP contribution in [-0.2, 0) is 4.74 Å². The SMILES string of the molecule is O=C(c1cnc2ccccc2c1)N1C[C@@H]2CN(CC3CC3)CCO[C@@H]2C1. The first-order chi connectivity index (χ1) is 12.8. The Morgan fingerprint density at radius 3 is 2.96 bits per heavy atom. The van der Waals surface area contributed by atoms with E-state index in [1.54, 1.807) is 6.20 Å². The Hall–Kier alpha value is -1.98. The number of carbonyl (C=O) groups is 1. The molecule has 1 aromatic heterocycles. The van der Waals surface area contributed by atoms with Gasteiger partial charge < -0.3 is 14.5 Å². The highest BCUT2D eigenvalue weighted by atomic mass is 16.5. The van der Waals surface area contributed by atoms with E-state index in [4.69, 9.17) is 4.74 Å². The molecule has 3 aliphatic rings. The van der Waals surface area contributed by atoms with Gasteiger partial charge in [-0.15, -0.1) is 0 Å². The Bertz CT molecular complexity index is 820. The molecule has 2 saturated heterocycles. The number of ether oxygens (including phenoxy) is 1. The summed E-state index contributed by atoms with van der Waals surface area (Å²) in [6.45, 7) is 5.57. The third-order valence-corrected chi connectivity index (χ3v) is 5.95. The standard InChI is InChI=1S/C21H25N3O2/c25-21(17-9-16-3-1-2-4-19(16)22-10-17)24-13-18-12-23(11-15-5-6-15)7-8-26-20(18)14-24/h1-4,9-10,15,18,20H,5-8,11-14H2/t18-,20+/m0/s1. The number of carbonyl (C=O) groups excluding carboxylic acids is 1. The fourth-order valence-electron chi connectivity index (χ4n) is 4.33. The molecule has 1 amide bonds. The van der Waals surface area contributed by atoms with E-state index in [1.165, 1.54) is 19.4 Å². The van der Waals surface area contributed by atoms with E-state index in [0.717, 1.165) is 43.1 Å². The lowest BCUT2D eigenvalue weighted by Crippen LogP contribution is -2.35. The molecule has 26 heavy (non-hydrogen) atoms. The van der Waals surface area contributed by atoms with Crippen LogP contribution in [0.25, 0.3) is 10.9 Å². The van der Waals surface area contributed by atoms with Gasteiger partial charge in [-0.25, -0.2) is 0 Å². The van der Waals surface area contributed by atoms with Crippen LogP contribution in [0.15, 0.2) is 36.5 Å². The minimum atomic E-state index is 0.0775. The van der Waals surface area contributed by atoms with Gasteiger partial charge in [-0.2, -0.15) is 0 Å². The number of rotatable bonds is 3. The van der Waals surface area contributed by atoms with Crippen LogP contribution in [0, 0.1) is 11.8 Å². The number of benzene rings is 1. The Balaban J connectivity index is 1.30. The van der Waals surface area contributed by atoms with Gasteiger partial charge in [0.05, 0.1) is 23.8 Å². The number of pyridine rings is 1. The van der Waals surface area contributed by atoms with Gasteiger partial charge in [0.1, 0.15) is 0 Å². The van der Waals surface area contributed by atoms with Gasteiger partial charge in [0.15, 0.2) is 0 Å². The first-order valence-electron chi connectivity index (χ1n) is 9.74. The fourth-order valence-corrected chi connectivity index (χ4v) is 4.33. The predicted molar refractivity (Wildman–Crippen MR) is 100 cm³/mol. The van der Waals surface area contributed by atoms with Crippen molar-refractivity contribution in [2.24, 2.45) is 11.8 Å². The zero-order valence-corrected chi connectivity index (χ0v) is 15.0. The van der Waals surface area contributed by atoms with Gasteiger partial charge in [0.2, 0.25) is 0 Å². The minimum Gasteiger partial charge on any atom is -0.375 e. The molecular weight excluding hydrogens is 326 g/mol. The molecule has 2 aliphatic heterocycles. The molecule has 0 spiro atoms. The number of hydrogen-bond acceptors (Lipinski definition) is 4. The van der Waals surface area contributed by atoms with E-state index < -0.39 is 0 Å². The maximum absolute atomic E-state index is 13.0. The predicted octanol–water partition coefficient (Wildman–Crippen LogP) is 2.42. The quantitative estimate of drug-likeness (QED) is 0.852. The summed E-state index contributed by atoms with van der Waals surface area (Å²) >= 11 is 0. The summed E-state index contributed by atoms with van der Waals surface area (Å²) in [5.74, 6) is 1.40. The molecule has 1 saturated carbocycles. The van der Waals surface area contributed by atoms with E-state index in [1.807, 2.05) is 35.2 Å². The van der Waals surface area contributed by atoms with Crippen LogP contribution in [0.1, 0.15) is 23.2 Å². The number of likely N-dealkylation sites (tertiary alicyclic amines) is 1. The monoisotopic (exact) mass is 351 g/mol. The molecule has 3 fully saturated rings. The first kappa shape index (κ1) is 16.2. The molecular formula is C21H25N3O2. The summed E-state index contributed by atoms with van der Waals surface area (Å²) in [5.41, 5.74) is 1.60.